The summed E-state index contributed by atoms with van der Waals surface area (Å²) < 4.78 is 33.7. The molecule has 0 aliphatic heterocycles. The summed E-state index contributed by atoms with van der Waals surface area (Å²) in [4.78, 5) is 13.7. The van der Waals surface area contributed by atoms with Gasteiger partial charge in [-0.3, -0.25) is 4.79 Å². The average molecular weight is 433 g/mol. The van der Waals surface area contributed by atoms with Crippen molar-refractivity contribution >= 4 is 27.5 Å². The number of carbonyl (C=O) groups excluding carboxylic acids is 1. The minimum atomic E-state index is -3.77. The number of hydrogen-bond donors (Lipinski definition) is 1. The van der Waals surface area contributed by atoms with Crippen LogP contribution in [0.1, 0.15) is 38.5 Å². The van der Waals surface area contributed by atoms with Crippen molar-refractivity contribution in [2.45, 2.75) is 49.1 Å². The van der Waals surface area contributed by atoms with E-state index in [9.17, 15) is 13.2 Å². The van der Waals surface area contributed by atoms with Crippen molar-refractivity contribution in [1.82, 2.24) is 9.21 Å². The fourth-order valence-corrected chi connectivity index (χ4v) is 5.03. The number of ether oxygens (including phenoxy) is 1. The lowest BCUT2D eigenvalue weighted by Gasteiger charge is -2.43. The quantitative estimate of drug-likeness (QED) is 0.606. The molecule has 0 bridgehead atoms. The molecule has 2 rings (SSSR count). The third kappa shape index (κ3) is 5.45. The SMILES string of the molecule is CN(CCO)C(=O)CCOC1(N(C)S(=O)(=O)c2ccc(Cl)cc2)CCCCC1. The largest absolute Gasteiger partial charge is 0.395 e. The maximum Gasteiger partial charge on any atom is 0.245 e. The lowest BCUT2D eigenvalue weighted by atomic mass is 9.91. The topological polar surface area (TPSA) is 87.2 Å². The van der Waals surface area contributed by atoms with E-state index in [1.54, 1.807) is 19.2 Å². The third-order valence-electron chi connectivity index (χ3n) is 5.23. The number of carbonyl (C=O) groups is 1. The van der Waals surface area contributed by atoms with Gasteiger partial charge in [0.05, 0.1) is 24.5 Å². The van der Waals surface area contributed by atoms with E-state index < -0.39 is 15.7 Å². The summed E-state index contributed by atoms with van der Waals surface area (Å²) in [6.07, 6.45) is 4.04. The number of nitrogens with zero attached hydrogens (tertiary/aromatic N) is 2. The van der Waals surface area contributed by atoms with E-state index in [0.717, 1.165) is 19.3 Å². The molecule has 0 saturated heterocycles. The number of aliphatic hydroxyl groups excluding tert-OH is 1. The zero-order valence-corrected chi connectivity index (χ0v) is 18.0. The Kier molecular flexibility index (Phi) is 8.27. The van der Waals surface area contributed by atoms with Crippen molar-refractivity contribution < 1.29 is 23.1 Å². The van der Waals surface area contributed by atoms with Crippen LogP contribution in [0.15, 0.2) is 29.2 Å². The molecule has 0 spiro atoms. The number of sulfonamides is 1. The Morgan fingerprint density at radius 3 is 2.36 bits per heavy atom. The Balaban J connectivity index is 2.15. The van der Waals surface area contributed by atoms with Gasteiger partial charge in [-0.2, -0.15) is 4.31 Å². The molecule has 1 aromatic carbocycles. The van der Waals surface area contributed by atoms with Gasteiger partial charge in [-0.05, 0) is 49.9 Å². The van der Waals surface area contributed by atoms with Crippen LogP contribution < -0.4 is 0 Å². The van der Waals surface area contributed by atoms with Crippen molar-refractivity contribution in [1.29, 1.82) is 0 Å². The first kappa shape index (κ1) is 23.1. The molecule has 1 aliphatic carbocycles. The van der Waals surface area contributed by atoms with E-state index >= 15 is 0 Å². The molecule has 1 aromatic rings. The molecule has 0 unspecified atom stereocenters. The van der Waals surface area contributed by atoms with E-state index in [2.05, 4.69) is 0 Å². The second-order valence-electron chi connectivity index (χ2n) is 7.07. The zero-order valence-electron chi connectivity index (χ0n) is 16.4. The first-order valence-electron chi connectivity index (χ1n) is 9.46. The first-order valence-corrected chi connectivity index (χ1v) is 11.3. The standard InChI is InChI=1S/C19H29ClN2O5S/c1-21(13-14-23)18(24)10-15-27-19(11-4-3-5-12-19)22(2)28(25,26)17-8-6-16(20)7-9-17/h6-9,23H,3-5,10-15H2,1-2H3. The van der Waals surface area contributed by atoms with Crippen molar-refractivity contribution in [3.8, 4) is 0 Å². The predicted octanol–water partition coefficient (Wildman–Crippen LogP) is 2.48. The molecule has 158 valence electrons. The second-order valence-corrected chi connectivity index (χ2v) is 9.48. The maximum absolute atomic E-state index is 13.1. The number of rotatable bonds is 9. The number of hydrogen-bond acceptors (Lipinski definition) is 5. The molecule has 1 saturated carbocycles. The molecule has 1 fully saturated rings. The summed E-state index contributed by atoms with van der Waals surface area (Å²) in [6, 6.07) is 6.06. The van der Waals surface area contributed by atoms with Crippen LogP contribution in [0, 0.1) is 0 Å². The minimum absolute atomic E-state index is 0.102. The van der Waals surface area contributed by atoms with Crippen LogP contribution in [0.25, 0.3) is 0 Å². The molecule has 1 N–H and O–H groups in total. The lowest BCUT2D eigenvalue weighted by Crippen LogP contribution is -2.53. The molecule has 0 radical (unpaired) electrons. The Morgan fingerprint density at radius 1 is 1.18 bits per heavy atom. The van der Waals surface area contributed by atoms with Gasteiger partial charge < -0.3 is 14.7 Å². The normalized spacial score (nSPS) is 16.9. The molecular formula is C19H29ClN2O5S. The van der Waals surface area contributed by atoms with Crippen LogP contribution in [0.4, 0.5) is 0 Å². The van der Waals surface area contributed by atoms with Gasteiger partial charge in [0.15, 0.2) is 0 Å². The fourth-order valence-electron chi connectivity index (χ4n) is 3.43. The van der Waals surface area contributed by atoms with E-state index in [1.165, 1.54) is 28.4 Å². The summed E-state index contributed by atoms with van der Waals surface area (Å²) in [7, 11) is -0.614. The number of halogens is 1. The van der Waals surface area contributed by atoms with Gasteiger partial charge in [-0.25, -0.2) is 8.42 Å². The van der Waals surface area contributed by atoms with E-state index in [4.69, 9.17) is 21.4 Å². The van der Waals surface area contributed by atoms with Crippen LogP contribution in [-0.2, 0) is 19.6 Å². The highest BCUT2D eigenvalue weighted by molar-refractivity contribution is 7.89. The molecule has 0 aromatic heterocycles. The van der Waals surface area contributed by atoms with Crippen LogP contribution in [-0.4, -0.2) is 68.2 Å². The van der Waals surface area contributed by atoms with E-state index in [0.29, 0.717) is 17.9 Å². The highest BCUT2D eigenvalue weighted by Gasteiger charge is 2.43. The number of likely N-dealkylation sites (N-methyl/N-ethyl adjacent to an activating group) is 1. The van der Waals surface area contributed by atoms with Gasteiger partial charge in [0.1, 0.15) is 5.72 Å². The van der Waals surface area contributed by atoms with Crippen LogP contribution in [0.2, 0.25) is 5.02 Å². The molecule has 7 nitrogen and oxygen atoms in total. The van der Waals surface area contributed by atoms with Gasteiger partial charge in [0.2, 0.25) is 15.9 Å². The molecule has 0 heterocycles. The summed E-state index contributed by atoms with van der Waals surface area (Å²) >= 11 is 5.88. The maximum atomic E-state index is 13.1. The Labute approximate surface area is 172 Å². The Hall–Kier alpha value is -1.19. The summed E-state index contributed by atoms with van der Waals surface area (Å²) in [5.41, 5.74) is -0.966. The third-order valence-corrected chi connectivity index (χ3v) is 7.40. The van der Waals surface area contributed by atoms with E-state index in [1.807, 2.05) is 0 Å². The van der Waals surface area contributed by atoms with Crippen LogP contribution in [0.3, 0.4) is 0 Å². The number of aliphatic hydroxyl groups is 1. The van der Waals surface area contributed by atoms with Gasteiger partial charge in [-0.1, -0.05) is 18.0 Å². The smallest absolute Gasteiger partial charge is 0.245 e. The molecule has 0 atom stereocenters. The van der Waals surface area contributed by atoms with Gasteiger partial charge >= 0.3 is 0 Å². The molecule has 1 aliphatic rings. The molecular weight excluding hydrogens is 404 g/mol. The van der Waals surface area contributed by atoms with Gasteiger partial charge in [0.25, 0.3) is 0 Å². The van der Waals surface area contributed by atoms with Crippen molar-refractivity contribution in [3.05, 3.63) is 29.3 Å². The molecule has 9 heteroatoms. The number of amides is 1. The van der Waals surface area contributed by atoms with Gasteiger partial charge in [-0.15, -0.1) is 0 Å². The molecule has 28 heavy (non-hydrogen) atoms. The van der Waals surface area contributed by atoms with Crippen molar-refractivity contribution in [3.63, 3.8) is 0 Å². The van der Waals surface area contributed by atoms with Crippen molar-refractivity contribution in [2.24, 2.45) is 0 Å². The van der Waals surface area contributed by atoms with Crippen LogP contribution >= 0.6 is 11.6 Å². The highest BCUT2D eigenvalue weighted by atomic mass is 35.5. The number of benzene rings is 1. The predicted molar refractivity (Wildman–Crippen MR) is 108 cm³/mol. The Bertz CT molecular complexity index is 748. The second kappa shape index (κ2) is 10.0. The first-order chi connectivity index (χ1) is 13.2. The van der Waals surface area contributed by atoms with Crippen LogP contribution in [0.5, 0.6) is 0 Å². The van der Waals surface area contributed by atoms with Gasteiger partial charge in [0, 0.05) is 25.7 Å². The van der Waals surface area contributed by atoms with Crippen molar-refractivity contribution in [2.75, 3.05) is 33.9 Å². The Morgan fingerprint density at radius 2 is 1.79 bits per heavy atom. The lowest BCUT2D eigenvalue weighted by molar-refractivity contribution is -0.147. The summed E-state index contributed by atoms with van der Waals surface area (Å²) in [6.45, 7) is 0.277. The fraction of sp³-hybridized carbons (Fsp3) is 0.632. The van der Waals surface area contributed by atoms with E-state index in [-0.39, 0.29) is 37.0 Å². The monoisotopic (exact) mass is 432 g/mol. The average Bonchev–Trinajstić information content (AvgIpc) is 2.68. The minimum Gasteiger partial charge on any atom is -0.395 e. The summed E-state index contributed by atoms with van der Waals surface area (Å²) in [5, 5.41) is 9.41. The zero-order chi connectivity index (χ0) is 20.8. The highest BCUT2D eigenvalue weighted by Crippen LogP contribution is 2.37. The molecule has 1 amide bonds. The summed E-state index contributed by atoms with van der Waals surface area (Å²) in [5.74, 6) is -0.150.